The molecule has 0 aliphatic rings. The van der Waals surface area contributed by atoms with E-state index in [1.807, 2.05) is 6.07 Å². The van der Waals surface area contributed by atoms with Gasteiger partial charge in [0.2, 0.25) is 0 Å². The van der Waals surface area contributed by atoms with Gasteiger partial charge in [-0.25, -0.2) is 0 Å². The van der Waals surface area contributed by atoms with Gasteiger partial charge in [-0.1, -0.05) is 18.2 Å². The number of alkyl halides is 3. The number of halogens is 3. The number of anilines is 1. The van der Waals surface area contributed by atoms with Crippen LogP contribution in [0.4, 0.5) is 24.5 Å². The number of carbonyl (C=O) groups excluding carboxylic acids is 1. The molecule has 0 heterocycles. The van der Waals surface area contributed by atoms with E-state index in [-0.39, 0.29) is 18.9 Å². The van der Waals surface area contributed by atoms with Crippen LogP contribution in [-0.2, 0) is 15.7 Å². The maximum absolute atomic E-state index is 12.6. The lowest BCUT2D eigenvalue weighted by Crippen LogP contribution is -2.20. The molecule has 0 aliphatic carbocycles. The number of para-hydroxylation sites is 1. The number of hydrogen-bond acceptors (Lipinski definition) is 6. The molecular formula is C17H15F3N2O5. The standard InChI is InChI=1S/C17H15F3N2O5/c18-17(19,20)12-6-7-14(15(10-12)22(24)25)21-11-16(23)27-9-8-26-13-4-2-1-3-5-13/h1-7,10,21H,8-9,11H2. The maximum Gasteiger partial charge on any atom is 0.416 e. The summed E-state index contributed by atoms with van der Waals surface area (Å²) in [7, 11) is 0. The van der Waals surface area contributed by atoms with Gasteiger partial charge in [0.15, 0.2) is 0 Å². The van der Waals surface area contributed by atoms with E-state index in [4.69, 9.17) is 9.47 Å². The molecule has 144 valence electrons. The zero-order valence-electron chi connectivity index (χ0n) is 13.9. The minimum absolute atomic E-state index is 0.0511. The van der Waals surface area contributed by atoms with Crippen LogP contribution in [0.5, 0.6) is 5.75 Å². The molecule has 0 fully saturated rings. The Morgan fingerprint density at radius 3 is 2.44 bits per heavy atom. The highest BCUT2D eigenvalue weighted by molar-refractivity contribution is 5.76. The van der Waals surface area contributed by atoms with E-state index in [2.05, 4.69) is 5.32 Å². The number of hydrogen-bond donors (Lipinski definition) is 1. The smallest absolute Gasteiger partial charge is 0.416 e. The van der Waals surface area contributed by atoms with E-state index >= 15 is 0 Å². The van der Waals surface area contributed by atoms with Crippen LogP contribution in [0, 0.1) is 10.1 Å². The zero-order chi connectivity index (χ0) is 19.9. The first kappa shape index (κ1) is 20.0. The third kappa shape index (κ3) is 6.17. The van der Waals surface area contributed by atoms with Crippen molar-refractivity contribution < 1.29 is 32.4 Å². The number of esters is 1. The highest BCUT2D eigenvalue weighted by atomic mass is 19.4. The van der Waals surface area contributed by atoms with Crippen molar-refractivity contribution in [2.75, 3.05) is 25.1 Å². The topological polar surface area (TPSA) is 90.7 Å². The Hall–Kier alpha value is -3.30. The number of benzene rings is 2. The molecule has 0 atom stereocenters. The molecule has 0 saturated heterocycles. The number of ether oxygens (including phenoxy) is 2. The van der Waals surface area contributed by atoms with Gasteiger partial charge in [-0.3, -0.25) is 14.9 Å². The molecule has 1 N–H and O–H groups in total. The highest BCUT2D eigenvalue weighted by Gasteiger charge is 2.33. The number of nitrogens with zero attached hydrogens (tertiary/aromatic N) is 1. The van der Waals surface area contributed by atoms with Crippen molar-refractivity contribution in [3.63, 3.8) is 0 Å². The van der Waals surface area contributed by atoms with Crippen LogP contribution < -0.4 is 10.1 Å². The fourth-order valence-electron chi connectivity index (χ4n) is 2.06. The van der Waals surface area contributed by atoms with E-state index in [0.717, 1.165) is 6.07 Å². The molecule has 2 aromatic carbocycles. The molecule has 0 bridgehead atoms. The molecule has 7 nitrogen and oxygen atoms in total. The Labute approximate surface area is 151 Å². The summed E-state index contributed by atoms with van der Waals surface area (Å²) >= 11 is 0. The predicted molar refractivity (Wildman–Crippen MR) is 89.5 cm³/mol. The second-order valence-corrected chi connectivity index (χ2v) is 5.22. The van der Waals surface area contributed by atoms with Gasteiger partial charge in [0.25, 0.3) is 5.69 Å². The fourth-order valence-corrected chi connectivity index (χ4v) is 2.06. The van der Waals surface area contributed by atoms with Gasteiger partial charge in [0, 0.05) is 6.07 Å². The summed E-state index contributed by atoms with van der Waals surface area (Å²) in [6.45, 7) is -0.391. The average Bonchev–Trinajstić information content (AvgIpc) is 2.63. The fraction of sp³-hybridized carbons (Fsp3) is 0.235. The zero-order valence-corrected chi connectivity index (χ0v) is 13.9. The number of nitro groups is 1. The molecule has 2 rings (SSSR count). The van der Waals surface area contributed by atoms with E-state index in [9.17, 15) is 28.1 Å². The Kier molecular flexibility index (Phi) is 6.58. The second kappa shape index (κ2) is 8.88. The van der Waals surface area contributed by atoms with Crippen molar-refractivity contribution in [3.05, 3.63) is 64.2 Å². The maximum atomic E-state index is 12.6. The first-order chi connectivity index (χ1) is 12.8. The Bertz CT molecular complexity index is 797. The van der Waals surface area contributed by atoms with Gasteiger partial charge in [0.1, 0.15) is 31.2 Å². The number of rotatable bonds is 8. The normalized spacial score (nSPS) is 10.9. The van der Waals surface area contributed by atoms with Crippen LogP contribution in [0.3, 0.4) is 0 Å². The summed E-state index contributed by atoms with van der Waals surface area (Å²) in [4.78, 5) is 21.6. The lowest BCUT2D eigenvalue weighted by molar-refractivity contribution is -0.384. The molecule has 0 saturated carbocycles. The number of nitrogens with one attached hydrogen (secondary N) is 1. The van der Waals surface area contributed by atoms with Crippen LogP contribution >= 0.6 is 0 Å². The third-order valence-electron chi connectivity index (χ3n) is 3.30. The van der Waals surface area contributed by atoms with Gasteiger partial charge in [-0.2, -0.15) is 13.2 Å². The summed E-state index contributed by atoms with van der Waals surface area (Å²) in [6, 6.07) is 10.8. The molecule has 27 heavy (non-hydrogen) atoms. The largest absolute Gasteiger partial charge is 0.490 e. The minimum atomic E-state index is -4.71. The van der Waals surface area contributed by atoms with Crippen LogP contribution in [0.2, 0.25) is 0 Å². The lowest BCUT2D eigenvalue weighted by Gasteiger charge is -2.11. The lowest BCUT2D eigenvalue weighted by atomic mass is 10.1. The quantitative estimate of drug-likeness (QED) is 0.323. The summed E-state index contributed by atoms with van der Waals surface area (Å²) in [5, 5.41) is 13.4. The van der Waals surface area contributed by atoms with Gasteiger partial charge < -0.3 is 14.8 Å². The van der Waals surface area contributed by atoms with Crippen LogP contribution in [0.1, 0.15) is 5.56 Å². The predicted octanol–water partition coefficient (Wildman–Crippen LogP) is 3.65. The minimum Gasteiger partial charge on any atom is -0.490 e. The Morgan fingerprint density at radius 1 is 1.11 bits per heavy atom. The van der Waals surface area contributed by atoms with Crippen molar-refractivity contribution in [2.45, 2.75) is 6.18 Å². The summed E-state index contributed by atoms with van der Waals surface area (Å²) in [5.41, 5.74) is -2.16. The van der Waals surface area contributed by atoms with Crippen LogP contribution in [-0.4, -0.2) is 30.7 Å². The first-order valence-electron chi connectivity index (χ1n) is 7.70. The van der Waals surface area contributed by atoms with E-state index in [0.29, 0.717) is 17.9 Å². The second-order valence-electron chi connectivity index (χ2n) is 5.22. The van der Waals surface area contributed by atoms with Crippen molar-refractivity contribution in [1.29, 1.82) is 0 Å². The molecule has 0 spiro atoms. The van der Waals surface area contributed by atoms with Crippen molar-refractivity contribution >= 4 is 17.3 Å². The van der Waals surface area contributed by atoms with Gasteiger partial charge in [-0.15, -0.1) is 0 Å². The Morgan fingerprint density at radius 2 is 1.81 bits per heavy atom. The highest BCUT2D eigenvalue weighted by Crippen LogP contribution is 2.34. The summed E-state index contributed by atoms with van der Waals surface area (Å²) in [6.07, 6.45) is -4.71. The number of nitro benzene ring substituents is 1. The molecule has 0 amide bonds. The SMILES string of the molecule is O=C(CNc1ccc(C(F)(F)F)cc1[N+](=O)[O-])OCCOc1ccccc1. The van der Waals surface area contributed by atoms with Crippen LogP contribution in [0.25, 0.3) is 0 Å². The molecule has 0 aromatic heterocycles. The average molecular weight is 384 g/mol. The van der Waals surface area contributed by atoms with E-state index in [1.54, 1.807) is 24.3 Å². The number of carbonyl (C=O) groups is 1. The van der Waals surface area contributed by atoms with Gasteiger partial charge in [-0.05, 0) is 24.3 Å². The molecule has 0 aliphatic heterocycles. The summed E-state index contributed by atoms with van der Waals surface area (Å²) in [5.74, 6) is -0.132. The molecule has 0 unspecified atom stereocenters. The van der Waals surface area contributed by atoms with E-state index in [1.165, 1.54) is 0 Å². The van der Waals surface area contributed by atoms with Crippen molar-refractivity contribution in [3.8, 4) is 5.75 Å². The molecule has 10 heteroatoms. The van der Waals surface area contributed by atoms with Gasteiger partial charge in [0.05, 0.1) is 10.5 Å². The third-order valence-corrected chi connectivity index (χ3v) is 3.30. The van der Waals surface area contributed by atoms with E-state index < -0.39 is 34.9 Å². The summed E-state index contributed by atoms with van der Waals surface area (Å²) < 4.78 is 48.1. The van der Waals surface area contributed by atoms with Crippen molar-refractivity contribution in [2.24, 2.45) is 0 Å². The molecule has 0 radical (unpaired) electrons. The Balaban J connectivity index is 1.84. The van der Waals surface area contributed by atoms with Gasteiger partial charge >= 0.3 is 12.1 Å². The van der Waals surface area contributed by atoms with Crippen molar-refractivity contribution in [1.82, 2.24) is 0 Å². The van der Waals surface area contributed by atoms with Crippen LogP contribution in [0.15, 0.2) is 48.5 Å². The monoisotopic (exact) mass is 384 g/mol. The molecule has 2 aromatic rings. The molecular weight excluding hydrogens is 369 g/mol. The first-order valence-corrected chi connectivity index (χ1v) is 7.70.